The number of carbonyl (C=O) groups excluding carboxylic acids is 1. The standard InChI is InChI=1S/C19H19NO5/c1-24-14-3-4-15-13(11-25-18(15)10-14)9-19(23)20-7-6-12-2-5-16(21)17(22)8-12/h2-5,8,10-11,21-22H,6-7,9H2,1H3,(H,20,23). The first kappa shape index (κ1) is 16.7. The van der Waals surface area contributed by atoms with Crippen LogP contribution in [-0.4, -0.2) is 29.8 Å². The van der Waals surface area contributed by atoms with Crippen molar-refractivity contribution >= 4 is 16.9 Å². The molecule has 0 aliphatic carbocycles. The summed E-state index contributed by atoms with van der Waals surface area (Å²) in [6.07, 6.45) is 2.37. The molecule has 3 rings (SSSR count). The smallest absolute Gasteiger partial charge is 0.224 e. The Kier molecular flexibility index (Phi) is 4.79. The molecule has 2 aromatic carbocycles. The SMILES string of the molecule is COc1ccc2c(CC(=O)NCCc3ccc(O)c(O)c3)coc2c1. The number of furan rings is 1. The first-order valence-electron chi connectivity index (χ1n) is 7.88. The van der Waals surface area contributed by atoms with E-state index in [9.17, 15) is 15.0 Å². The summed E-state index contributed by atoms with van der Waals surface area (Å²) in [7, 11) is 1.59. The number of amides is 1. The highest BCUT2D eigenvalue weighted by Gasteiger charge is 2.11. The second-order valence-electron chi connectivity index (χ2n) is 5.72. The quantitative estimate of drug-likeness (QED) is 0.600. The molecule has 6 heteroatoms. The molecule has 0 aliphatic rings. The maximum atomic E-state index is 12.1. The van der Waals surface area contributed by atoms with E-state index < -0.39 is 0 Å². The van der Waals surface area contributed by atoms with Crippen molar-refractivity contribution in [1.82, 2.24) is 5.32 Å². The maximum absolute atomic E-state index is 12.1. The fourth-order valence-electron chi connectivity index (χ4n) is 2.63. The molecule has 1 amide bonds. The number of phenols is 2. The van der Waals surface area contributed by atoms with Crippen molar-refractivity contribution in [3.63, 3.8) is 0 Å². The van der Waals surface area contributed by atoms with E-state index in [2.05, 4.69) is 5.32 Å². The largest absolute Gasteiger partial charge is 0.504 e. The number of hydrogen-bond acceptors (Lipinski definition) is 5. The Morgan fingerprint density at radius 2 is 2.00 bits per heavy atom. The molecule has 130 valence electrons. The molecule has 25 heavy (non-hydrogen) atoms. The Morgan fingerprint density at radius 3 is 2.76 bits per heavy atom. The normalized spacial score (nSPS) is 10.8. The molecule has 0 spiro atoms. The number of rotatable bonds is 6. The molecule has 0 unspecified atom stereocenters. The molecular formula is C19H19NO5. The van der Waals surface area contributed by atoms with E-state index in [0.717, 1.165) is 16.5 Å². The number of benzene rings is 2. The summed E-state index contributed by atoms with van der Waals surface area (Å²) in [5.41, 5.74) is 2.33. The lowest BCUT2D eigenvalue weighted by Crippen LogP contribution is -2.27. The van der Waals surface area contributed by atoms with E-state index in [0.29, 0.717) is 24.3 Å². The van der Waals surface area contributed by atoms with Crippen molar-refractivity contribution in [2.45, 2.75) is 12.8 Å². The van der Waals surface area contributed by atoms with Crippen LogP contribution in [0.25, 0.3) is 11.0 Å². The Morgan fingerprint density at radius 1 is 1.16 bits per heavy atom. The summed E-state index contributed by atoms with van der Waals surface area (Å²) >= 11 is 0. The highest BCUT2D eigenvalue weighted by molar-refractivity contribution is 5.88. The predicted molar refractivity (Wildman–Crippen MR) is 93.0 cm³/mol. The summed E-state index contributed by atoms with van der Waals surface area (Å²) < 4.78 is 10.6. The Labute approximate surface area is 144 Å². The molecule has 3 N–H and O–H groups in total. The van der Waals surface area contributed by atoms with Crippen molar-refractivity contribution in [3.05, 3.63) is 53.8 Å². The van der Waals surface area contributed by atoms with Crippen molar-refractivity contribution < 1.29 is 24.2 Å². The molecule has 0 bridgehead atoms. The molecule has 0 atom stereocenters. The average Bonchev–Trinajstić information content (AvgIpc) is 3.00. The maximum Gasteiger partial charge on any atom is 0.224 e. The number of nitrogens with one attached hydrogen (secondary N) is 1. The Bertz CT molecular complexity index is 900. The Hall–Kier alpha value is -3.15. The van der Waals surface area contributed by atoms with Crippen LogP contribution in [-0.2, 0) is 17.6 Å². The van der Waals surface area contributed by atoms with Gasteiger partial charge >= 0.3 is 0 Å². The van der Waals surface area contributed by atoms with E-state index in [1.807, 2.05) is 12.1 Å². The molecule has 0 saturated heterocycles. The van der Waals surface area contributed by atoms with Crippen molar-refractivity contribution in [2.24, 2.45) is 0 Å². The zero-order valence-electron chi connectivity index (χ0n) is 13.8. The van der Waals surface area contributed by atoms with Crippen LogP contribution in [0, 0.1) is 0 Å². The van der Waals surface area contributed by atoms with Crippen LogP contribution in [0.1, 0.15) is 11.1 Å². The zero-order chi connectivity index (χ0) is 17.8. The molecule has 1 aromatic heterocycles. The van der Waals surface area contributed by atoms with E-state index >= 15 is 0 Å². The topological polar surface area (TPSA) is 91.9 Å². The monoisotopic (exact) mass is 341 g/mol. The van der Waals surface area contributed by atoms with Crippen LogP contribution in [0.3, 0.4) is 0 Å². The third-order valence-electron chi connectivity index (χ3n) is 3.99. The van der Waals surface area contributed by atoms with Gasteiger partial charge in [-0.15, -0.1) is 0 Å². The van der Waals surface area contributed by atoms with Crippen LogP contribution in [0.15, 0.2) is 47.1 Å². The second kappa shape index (κ2) is 7.17. The summed E-state index contributed by atoms with van der Waals surface area (Å²) in [5, 5.41) is 22.5. The van der Waals surface area contributed by atoms with Crippen LogP contribution < -0.4 is 10.1 Å². The summed E-state index contributed by atoms with van der Waals surface area (Å²) in [5.74, 6) is 0.275. The first-order valence-corrected chi connectivity index (χ1v) is 7.88. The third-order valence-corrected chi connectivity index (χ3v) is 3.99. The fourth-order valence-corrected chi connectivity index (χ4v) is 2.63. The zero-order valence-corrected chi connectivity index (χ0v) is 13.8. The van der Waals surface area contributed by atoms with Crippen molar-refractivity contribution in [3.8, 4) is 17.2 Å². The molecule has 1 heterocycles. The van der Waals surface area contributed by atoms with Gasteiger partial charge in [0.15, 0.2) is 11.5 Å². The van der Waals surface area contributed by atoms with Gasteiger partial charge < -0.3 is 24.7 Å². The van der Waals surface area contributed by atoms with Gasteiger partial charge in [-0.3, -0.25) is 4.79 Å². The van der Waals surface area contributed by atoms with Crippen molar-refractivity contribution in [2.75, 3.05) is 13.7 Å². The van der Waals surface area contributed by atoms with Crippen molar-refractivity contribution in [1.29, 1.82) is 0 Å². The van der Waals surface area contributed by atoms with E-state index in [1.165, 1.54) is 12.1 Å². The molecule has 3 aromatic rings. The van der Waals surface area contributed by atoms with Crippen LogP contribution in [0.5, 0.6) is 17.2 Å². The summed E-state index contributed by atoms with van der Waals surface area (Å²) in [4.78, 5) is 12.1. The minimum Gasteiger partial charge on any atom is -0.504 e. The van der Waals surface area contributed by atoms with Gasteiger partial charge in [-0.2, -0.15) is 0 Å². The highest BCUT2D eigenvalue weighted by atomic mass is 16.5. The van der Waals surface area contributed by atoms with Crippen LogP contribution in [0.2, 0.25) is 0 Å². The molecular weight excluding hydrogens is 322 g/mol. The molecule has 6 nitrogen and oxygen atoms in total. The van der Waals surface area contributed by atoms with Gasteiger partial charge in [-0.05, 0) is 36.2 Å². The predicted octanol–water partition coefficient (Wildman–Crippen LogP) is 2.75. The highest BCUT2D eigenvalue weighted by Crippen LogP contribution is 2.26. The molecule has 0 saturated carbocycles. The van der Waals surface area contributed by atoms with Gasteiger partial charge in [0.1, 0.15) is 11.3 Å². The number of phenolic OH excluding ortho intramolecular Hbond substituents is 2. The minimum atomic E-state index is -0.163. The average molecular weight is 341 g/mol. The fraction of sp³-hybridized carbons (Fsp3) is 0.211. The number of aromatic hydroxyl groups is 2. The number of carbonyl (C=O) groups is 1. The van der Waals surface area contributed by atoms with Gasteiger partial charge in [0.2, 0.25) is 5.91 Å². The first-order chi connectivity index (χ1) is 12.1. The number of hydrogen-bond donors (Lipinski definition) is 3. The lowest BCUT2D eigenvalue weighted by atomic mass is 10.1. The Balaban J connectivity index is 1.56. The molecule has 0 fully saturated rings. The van der Waals surface area contributed by atoms with E-state index in [4.69, 9.17) is 9.15 Å². The lowest BCUT2D eigenvalue weighted by molar-refractivity contribution is -0.120. The number of fused-ring (bicyclic) bond motifs is 1. The summed E-state index contributed by atoms with van der Waals surface area (Å²) in [6.45, 7) is 0.437. The van der Waals surface area contributed by atoms with Gasteiger partial charge in [-0.1, -0.05) is 6.07 Å². The van der Waals surface area contributed by atoms with Crippen LogP contribution in [0.4, 0.5) is 0 Å². The third kappa shape index (κ3) is 3.85. The lowest BCUT2D eigenvalue weighted by Gasteiger charge is -2.06. The van der Waals surface area contributed by atoms with Gasteiger partial charge in [0.25, 0.3) is 0 Å². The second-order valence-corrected chi connectivity index (χ2v) is 5.72. The molecule has 0 radical (unpaired) electrons. The van der Waals surface area contributed by atoms with E-state index in [1.54, 1.807) is 25.5 Å². The minimum absolute atomic E-state index is 0.110. The number of ether oxygens (including phenoxy) is 1. The van der Waals surface area contributed by atoms with Gasteiger partial charge in [0.05, 0.1) is 19.8 Å². The number of methoxy groups -OCH3 is 1. The van der Waals surface area contributed by atoms with Gasteiger partial charge in [0, 0.05) is 23.6 Å². The summed E-state index contributed by atoms with van der Waals surface area (Å²) in [6, 6.07) is 10.1. The van der Waals surface area contributed by atoms with Crippen LogP contribution >= 0.6 is 0 Å². The van der Waals surface area contributed by atoms with E-state index in [-0.39, 0.29) is 23.8 Å². The molecule has 0 aliphatic heterocycles. The van der Waals surface area contributed by atoms with Gasteiger partial charge in [-0.25, -0.2) is 0 Å².